The van der Waals surface area contributed by atoms with E-state index < -0.39 is 0 Å². The van der Waals surface area contributed by atoms with Gasteiger partial charge in [0.1, 0.15) is 0 Å². The van der Waals surface area contributed by atoms with Crippen molar-refractivity contribution < 1.29 is 5.11 Å². The molecule has 1 N–H and O–H groups in total. The van der Waals surface area contributed by atoms with Crippen LogP contribution in [0, 0.1) is 34.5 Å². The van der Waals surface area contributed by atoms with Crippen LogP contribution in [-0.4, -0.2) is 16.2 Å². The second kappa shape index (κ2) is 5.92. The third-order valence-electron chi connectivity index (χ3n) is 9.19. The van der Waals surface area contributed by atoms with Gasteiger partial charge in [-0.05, 0) is 103 Å². The van der Waals surface area contributed by atoms with E-state index in [1.807, 2.05) is 6.20 Å². The lowest BCUT2D eigenvalue weighted by Gasteiger charge is -2.60. The summed E-state index contributed by atoms with van der Waals surface area (Å²) in [5, 5.41) is 10.2. The lowest BCUT2D eigenvalue weighted by molar-refractivity contribution is -0.115. The Morgan fingerprint density at radius 2 is 1.96 bits per heavy atom. The number of fused-ring (bicyclic) bond motifs is 5. The van der Waals surface area contributed by atoms with Crippen molar-refractivity contribution in [1.82, 2.24) is 4.98 Å². The molecule has 5 rings (SSSR count). The molecule has 1 aromatic rings. The Morgan fingerprint density at radius 1 is 1.08 bits per heavy atom. The molecule has 0 aliphatic heterocycles. The first-order chi connectivity index (χ1) is 12.5. The monoisotopic (exact) mass is 351 g/mol. The summed E-state index contributed by atoms with van der Waals surface area (Å²) in [4.78, 5) is 4.39. The molecule has 1 heterocycles. The molecule has 4 aliphatic rings. The summed E-state index contributed by atoms with van der Waals surface area (Å²) in [5.74, 6) is 3.30. The Hall–Kier alpha value is -1.15. The van der Waals surface area contributed by atoms with Crippen molar-refractivity contribution >= 4 is 5.57 Å². The SMILES string of the molecule is C[C@]12CC[C@@H](O)CC1CCC1C2CC[C@]2(C)C(c3cccnc3)=CCC12. The number of pyridine rings is 1. The molecule has 7 atom stereocenters. The number of nitrogens with zero attached hydrogens (tertiary/aromatic N) is 1. The molecule has 1 aromatic heterocycles. The lowest BCUT2D eigenvalue weighted by Crippen LogP contribution is -2.53. The summed E-state index contributed by atoms with van der Waals surface area (Å²) in [6.07, 6.45) is 16.4. The van der Waals surface area contributed by atoms with E-state index in [4.69, 9.17) is 0 Å². The van der Waals surface area contributed by atoms with E-state index >= 15 is 0 Å². The minimum Gasteiger partial charge on any atom is -0.393 e. The van der Waals surface area contributed by atoms with Crippen LogP contribution in [0.1, 0.15) is 70.8 Å². The predicted octanol–water partition coefficient (Wildman–Crippen LogP) is 5.48. The van der Waals surface area contributed by atoms with Gasteiger partial charge in [-0.25, -0.2) is 0 Å². The van der Waals surface area contributed by atoms with Crippen molar-refractivity contribution in [3.63, 3.8) is 0 Å². The molecule has 0 amide bonds. The van der Waals surface area contributed by atoms with Crippen molar-refractivity contribution in [3.8, 4) is 0 Å². The molecule has 3 saturated carbocycles. The normalized spacial score (nSPS) is 47.5. The molecule has 0 bridgehead atoms. The van der Waals surface area contributed by atoms with Gasteiger partial charge in [0.2, 0.25) is 0 Å². The Bertz CT molecular complexity index is 712. The van der Waals surface area contributed by atoms with Crippen LogP contribution in [0.15, 0.2) is 30.6 Å². The average Bonchev–Trinajstić information content (AvgIpc) is 3.00. The van der Waals surface area contributed by atoms with Crippen molar-refractivity contribution in [3.05, 3.63) is 36.2 Å². The number of aliphatic hydroxyl groups excluding tert-OH is 1. The van der Waals surface area contributed by atoms with Crippen LogP contribution in [0.5, 0.6) is 0 Å². The van der Waals surface area contributed by atoms with Crippen molar-refractivity contribution in [2.75, 3.05) is 0 Å². The highest BCUT2D eigenvalue weighted by Crippen LogP contribution is 2.67. The molecular weight excluding hydrogens is 318 g/mol. The van der Waals surface area contributed by atoms with E-state index in [-0.39, 0.29) is 6.10 Å². The van der Waals surface area contributed by atoms with Crippen LogP contribution in [0.25, 0.3) is 5.57 Å². The Balaban J connectivity index is 1.44. The van der Waals surface area contributed by atoms with Gasteiger partial charge in [-0.15, -0.1) is 0 Å². The quantitative estimate of drug-likeness (QED) is 0.727. The molecule has 2 nitrogen and oxygen atoms in total. The topological polar surface area (TPSA) is 33.1 Å². The third kappa shape index (κ3) is 2.30. The van der Waals surface area contributed by atoms with Gasteiger partial charge in [-0.3, -0.25) is 4.98 Å². The summed E-state index contributed by atoms with van der Waals surface area (Å²) in [6, 6.07) is 4.33. The zero-order valence-electron chi connectivity index (χ0n) is 16.3. The van der Waals surface area contributed by atoms with E-state index in [0.717, 1.165) is 36.5 Å². The van der Waals surface area contributed by atoms with Gasteiger partial charge in [0.05, 0.1) is 6.10 Å². The molecule has 140 valence electrons. The number of allylic oxidation sites excluding steroid dienone is 2. The van der Waals surface area contributed by atoms with Crippen LogP contribution in [0.3, 0.4) is 0 Å². The van der Waals surface area contributed by atoms with Gasteiger partial charge in [0, 0.05) is 12.4 Å². The fourth-order valence-corrected chi connectivity index (χ4v) is 7.77. The first-order valence-corrected chi connectivity index (χ1v) is 10.8. The van der Waals surface area contributed by atoms with E-state index in [1.165, 1.54) is 44.1 Å². The highest BCUT2D eigenvalue weighted by Gasteiger charge is 2.58. The first-order valence-electron chi connectivity index (χ1n) is 10.8. The average molecular weight is 352 g/mol. The van der Waals surface area contributed by atoms with Crippen LogP contribution in [-0.2, 0) is 0 Å². The van der Waals surface area contributed by atoms with Crippen LogP contribution < -0.4 is 0 Å². The number of rotatable bonds is 1. The summed E-state index contributed by atoms with van der Waals surface area (Å²) in [5.41, 5.74) is 3.72. The maximum absolute atomic E-state index is 10.2. The van der Waals surface area contributed by atoms with E-state index in [9.17, 15) is 5.11 Å². The summed E-state index contributed by atoms with van der Waals surface area (Å²) in [7, 11) is 0. The summed E-state index contributed by atoms with van der Waals surface area (Å²) < 4.78 is 0. The van der Waals surface area contributed by atoms with E-state index in [2.05, 4.69) is 43.2 Å². The van der Waals surface area contributed by atoms with Gasteiger partial charge in [0.15, 0.2) is 0 Å². The summed E-state index contributed by atoms with van der Waals surface area (Å²) in [6.45, 7) is 5.12. The van der Waals surface area contributed by atoms with Gasteiger partial charge in [-0.2, -0.15) is 0 Å². The molecule has 0 spiro atoms. The van der Waals surface area contributed by atoms with Crippen LogP contribution in [0.4, 0.5) is 0 Å². The number of hydrogen-bond donors (Lipinski definition) is 1. The second-order valence-corrected chi connectivity index (χ2v) is 10.1. The van der Waals surface area contributed by atoms with Crippen LogP contribution >= 0.6 is 0 Å². The molecule has 0 aromatic carbocycles. The zero-order chi connectivity index (χ0) is 17.9. The standard InChI is InChI=1S/C24H33NO/c1-23-11-9-18(26)14-17(23)5-6-19-21-8-7-20(16-4-3-13-25-15-16)24(21,2)12-10-22(19)23/h3-4,7,13,15,17-19,21-22,26H,5-6,8-12,14H2,1-2H3/t17?,18-,19?,21?,22?,23+,24-/m1/s1. The van der Waals surface area contributed by atoms with Gasteiger partial charge < -0.3 is 5.11 Å². The lowest BCUT2D eigenvalue weighted by atomic mass is 9.44. The largest absolute Gasteiger partial charge is 0.393 e. The van der Waals surface area contributed by atoms with E-state index in [1.54, 1.807) is 5.57 Å². The Labute approximate surface area is 158 Å². The van der Waals surface area contributed by atoms with Crippen molar-refractivity contribution in [2.24, 2.45) is 34.5 Å². The predicted molar refractivity (Wildman–Crippen MR) is 105 cm³/mol. The fourth-order valence-electron chi connectivity index (χ4n) is 7.77. The number of aromatic nitrogens is 1. The molecule has 0 saturated heterocycles. The molecule has 4 unspecified atom stereocenters. The third-order valence-corrected chi connectivity index (χ3v) is 9.19. The second-order valence-electron chi connectivity index (χ2n) is 10.1. The van der Waals surface area contributed by atoms with Crippen LogP contribution in [0.2, 0.25) is 0 Å². The highest BCUT2D eigenvalue weighted by molar-refractivity contribution is 5.72. The number of aliphatic hydroxyl groups is 1. The molecular formula is C24H33NO. The molecule has 2 heteroatoms. The Morgan fingerprint density at radius 3 is 2.77 bits per heavy atom. The molecule has 26 heavy (non-hydrogen) atoms. The fraction of sp³-hybridized carbons (Fsp3) is 0.708. The number of hydrogen-bond acceptors (Lipinski definition) is 2. The zero-order valence-corrected chi connectivity index (χ0v) is 16.3. The molecule has 3 fully saturated rings. The smallest absolute Gasteiger partial charge is 0.0543 e. The minimum atomic E-state index is -0.0381. The molecule has 4 aliphatic carbocycles. The summed E-state index contributed by atoms with van der Waals surface area (Å²) >= 11 is 0. The minimum absolute atomic E-state index is 0.0381. The van der Waals surface area contributed by atoms with Gasteiger partial charge in [-0.1, -0.05) is 26.0 Å². The maximum Gasteiger partial charge on any atom is 0.0543 e. The highest BCUT2D eigenvalue weighted by atomic mass is 16.3. The maximum atomic E-state index is 10.2. The first kappa shape index (κ1) is 17.0. The van der Waals surface area contributed by atoms with Gasteiger partial charge >= 0.3 is 0 Å². The molecule has 0 radical (unpaired) electrons. The van der Waals surface area contributed by atoms with Crippen molar-refractivity contribution in [1.29, 1.82) is 0 Å². The Kier molecular flexibility index (Phi) is 3.87. The van der Waals surface area contributed by atoms with Crippen molar-refractivity contribution in [2.45, 2.75) is 71.3 Å². The van der Waals surface area contributed by atoms with Gasteiger partial charge in [0.25, 0.3) is 0 Å². The van der Waals surface area contributed by atoms with E-state index in [0.29, 0.717) is 10.8 Å².